The third-order valence-corrected chi connectivity index (χ3v) is 5.42. The molecule has 0 aromatic carbocycles. The second kappa shape index (κ2) is 13.8. The van der Waals surface area contributed by atoms with Crippen molar-refractivity contribution >= 4 is 10.1 Å². The molecule has 0 spiro atoms. The van der Waals surface area contributed by atoms with Crippen LogP contribution in [0.15, 0.2) is 11.6 Å². The van der Waals surface area contributed by atoms with Crippen LogP contribution < -0.4 is 0 Å². The van der Waals surface area contributed by atoms with E-state index in [0.29, 0.717) is 0 Å². The molecule has 0 fully saturated rings. The zero-order chi connectivity index (χ0) is 19.3. The van der Waals surface area contributed by atoms with Gasteiger partial charge in [-0.2, -0.15) is 8.42 Å². The van der Waals surface area contributed by atoms with Crippen molar-refractivity contribution in [2.45, 2.75) is 92.4 Å². The highest BCUT2D eigenvalue weighted by Gasteiger charge is 2.07. The molecule has 0 N–H and O–H groups in total. The van der Waals surface area contributed by atoms with E-state index in [4.69, 9.17) is 4.18 Å². The van der Waals surface area contributed by atoms with E-state index in [9.17, 15) is 8.42 Å². The second-order valence-electron chi connectivity index (χ2n) is 8.40. The van der Waals surface area contributed by atoms with E-state index < -0.39 is 10.1 Å². The molecule has 0 aliphatic rings. The molecule has 0 saturated heterocycles. The van der Waals surface area contributed by atoms with Crippen molar-refractivity contribution in [2.75, 3.05) is 12.9 Å². The highest BCUT2D eigenvalue weighted by Crippen LogP contribution is 2.22. The minimum Gasteiger partial charge on any atom is -0.266 e. The van der Waals surface area contributed by atoms with Gasteiger partial charge in [-0.1, -0.05) is 84.3 Å². The Hall–Kier alpha value is -0.350. The lowest BCUT2D eigenvalue weighted by Crippen LogP contribution is -2.02. The fourth-order valence-corrected chi connectivity index (χ4v) is 3.42. The molecule has 2 atom stereocenters. The second-order valence-corrected chi connectivity index (χ2v) is 10.0. The van der Waals surface area contributed by atoms with Crippen molar-refractivity contribution in [3.8, 4) is 0 Å². The maximum Gasteiger partial charge on any atom is 0.264 e. The quantitative estimate of drug-likeness (QED) is 0.248. The molecular formula is C21H42O3S. The number of hydrogen-bond acceptors (Lipinski definition) is 3. The Morgan fingerprint density at radius 2 is 1.36 bits per heavy atom. The maximum absolute atomic E-state index is 10.9. The van der Waals surface area contributed by atoms with E-state index in [1.54, 1.807) is 0 Å². The summed E-state index contributed by atoms with van der Waals surface area (Å²) in [5, 5.41) is 0. The topological polar surface area (TPSA) is 43.4 Å². The van der Waals surface area contributed by atoms with E-state index in [-0.39, 0.29) is 6.61 Å². The Morgan fingerprint density at radius 1 is 0.880 bits per heavy atom. The van der Waals surface area contributed by atoms with Crippen molar-refractivity contribution < 1.29 is 12.6 Å². The van der Waals surface area contributed by atoms with Crippen molar-refractivity contribution in [3.63, 3.8) is 0 Å². The Balaban J connectivity index is 3.69. The predicted octanol–water partition coefficient (Wildman–Crippen LogP) is 6.35. The van der Waals surface area contributed by atoms with Crippen LogP contribution in [0, 0.1) is 17.8 Å². The summed E-state index contributed by atoms with van der Waals surface area (Å²) in [4.78, 5) is 0. The number of rotatable bonds is 15. The lowest BCUT2D eigenvalue weighted by atomic mass is 9.91. The summed E-state index contributed by atoms with van der Waals surface area (Å²) in [5.74, 6) is 2.48. The van der Waals surface area contributed by atoms with E-state index >= 15 is 0 Å². The molecule has 0 aromatic rings. The third kappa shape index (κ3) is 18.2. The van der Waals surface area contributed by atoms with Gasteiger partial charge in [0, 0.05) is 0 Å². The van der Waals surface area contributed by atoms with Gasteiger partial charge in [0.05, 0.1) is 12.9 Å². The van der Waals surface area contributed by atoms with E-state index in [1.165, 1.54) is 56.9 Å². The lowest BCUT2D eigenvalue weighted by molar-refractivity contribution is 0.360. The van der Waals surface area contributed by atoms with Crippen LogP contribution >= 0.6 is 0 Å². The first-order valence-electron chi connectivity index (χ1n) is 10.1. The predicted molar refractivity (Wildman–Crippen MR) is 109 cm³/mol. The van der Waals surface area contributed by atoms with E-state index in [0.717, 1.165) is 30.4 Å². The van der Waals surface area contributed by atoms with Crippen molar-refractivity contribution in [1.82, 2.24) is 0 Å². The minimum absolute atomic E-state index is 0.162. The number of hydrogen-bond donors (Lipinski definition) is 0. The molecule has 0 amide bonds. The molecule has 0 aliphatic heterocycles. The molecule has 25 heavy (non-hydrogen) atoms. The van der Waals surface area contributed by atoms with E-state index in [1.807, 2.05) is 6.08 Å². The van der Waals surface area contributed by atoms with Crippen LogP contribution in [0.2, 0.25) is 0 Å². The van der Waals surface area contributed by atoms with Crippen LogP contribution in [0.25, 0.3) is 0 Å². The van der Waals surface area contributed by atoms with Crippen molar-refractivity contribution in [2.24, 2.45) is 17.8 Å². The monoisotopic (exact) mass is 374 g/mol. The zero-order valence-corrected chi connectivity index (χ0v) is 18.3. The Morgan fingerprint density at radius 3 is 1.84 bits per heavy atom. The average molecular weight is 375 g/mol. The van der Waals surface area contributed by atoms with Crippen LogP contribution in [0.1, 0.15) is 92.4 Å². The standard InChI is InChI=1S/C21H42O3S/c1-18(2)10-7-11-19(3)12-8-13-20(4)14-9-15-21(5)16-17-24-25(6,22)23/h16,18-20H,7-15,17H2,1-6H3. The Kier molecular flexibility index (Phi) is 13.6. The molecule has 0 rings (SSSR count). The summed E-state index contributed by atoms with van der Waals surface area (Å²) in [7, 11) is -3.33. The molecule has 4 heteroatoms. The highest BCUT2D eigenvalue weighted by atomic mass is 32.2. The summed E-state index contributed by atoms with van der Waals surface area (Å²) in [6, 6.07) is 0. The maximum atomic E-state index is 10.9. The van der Waals surface area contributed by atoms with Crippen molar-refractivity contribution in [1.29, 1.82) is 0 Å². The summed E-state index contributed by atoms with van der Waals surface area (Å²) >= 11 is 0. The molecule has 0 bridgehead atoms. The van der Waals surface area contributed by atoms with Gasteiger partial charge in [-0.05, 0) is 37.5 Å². The fourth-order valence-electron chi connectivity index (χ4n) is 3.11. The summed E-state index contributed by atoms with van der Waals surface area (Å²) in [6.07, 6.45) is 14.6. The van der Waals surface area contributed by atoms with Gasteiger partial charge in [0.1, 0.15) is 0 Å². The van der Waals surface area contributed by atoms with Gasteiger partial charge >= 0.3 is 0 Å². The zero-order valence-electron chi connectivity index (χ0n) is 17.5. The molecule has 2 unspecified atom stereocenters. The molecule has 0 aromatic heterocycles. The molecule has 150 valence electrons. The van der Waals surface area contributed by atoms with Crippen LogP contribution in [0.3, 0.4) is 0 Å². The Bertz CT molecular complexity index is 452. The first-order chi connectivity index (χ1) is 11.6. The van der Waals surface area contributed by atoms with Gasteiger partial charge in [0.15, 0.2) is 0 Å². The molecule has 3 nitrogen and oxygen atoms in total. The first-order valence-corrected chi connectivity index (χ1v) is 11.9. The van der Waals surface area contributed by atoms with Gasteiger partial charge in [0.25, 0.3) is 10.1 Å². The van der Waals surface area contributed by atoms with Crippen molar-refractivity contribution in [3.05, 3.63) is 11.6 Å². The van der Waals surface area contributed by atoms with E-state index in [2.05, 4.69) is 34.6 Å². The fraction of sp³-hybridized carbons (Fsp3) is 0.905. The smallest absolute Gasteiger partial charge is 0.264 e. The van der Waals surface area contributed by atoms with Crippen LogP contribution in [0.5, 0.6) is 0 Å². The Labute approximate surface area is 157 Å². The number of allylic oxidation sites excluding steroid dienone is 1. The summed E-state index contributed by atoms with van der Waals surface area (Å²) in [5.41, 5.74) is 1.22. The minimum atomic E-state index is -3.33. The van der Waals surface area contributed by atoms with Gasteiger partial charge in [-0.15, -0.1) is 0 Å². The highest BCUT2D eigenvalue weighted by molar-refractivity contribution is 7.85. The van der Waals surface area contributed by atoms with Crippen LogP contribution in [-0.4, -0.2) is 21.3 Å². The molecule has 0 saturated carbocycles. The largest absolute Gasteiger partial charge is 0.266 e. The van der Waals surface area contributed by atoms with Crippen LogP contribution in [0.4, 0.5) is 0 Å². The molecular weight excluding hydrogens is 332 g/mol. The molecule has 0 radical (unpaired) electrons. The van der Waals surface area contributed by atoms with Gasteiger partial charge in [-0.3, -0.25) is 4.18 Å². The van der Waals surface area contributed by atoms with Gasteiger partial charge in [-0.25, -0.2) is 0 Å². The van der Waals surface area contributed by atoms with Crippen LogP contribution in [-0.2, 0) is 14.3 Å². The van der Waals surface area contributed by atoms with Gasteiger partial charge in [0.2, 0.25) is 0 Å². The molecule has 0 heterocycles. The summed E-state index contributed by atoms with van der Waals surface area (Å²) in [6.45, 7) is 11.6. The SMILES string of the molecule is CC(=CCOS(C)(=O)=O)CCCC(C)CCCC(C)CCCC(C)C. The average Bonchev–Trinajstić information content (AvgIpc) is 2.45. The summed E-state index contributed by atoms with van der Waals surface area (Å²) < 4.78 is 26.5. The molecule has 0 aliphatic carbocycles. The first kappa shape index (κ1) is 24.7. The third-order valence-electron chi connectivity index (χ3n) is 4.85. The van der Waals surface area contributed by atoms with Gasteiger partial charge < -0.3 is 0 Å². The normalized spacial score (nSPS) is 15.6. The lowest BCUT2D eigenvalue weighted by Gasteiger charge is -2.15.